The van der Waals surface area contributed by atoms with E-state index in [1.165, 1.54) is 0 Å². The molecular formula is C24H24N2O3. The van der Waals surface area contributed by atoms with Crippen LogP contribution in [-0.2, 0) is 13.0 Å². The van der Waals surface area contributed by atoms with Gasteiger partial charge in [0.15, 0.2) is 0 Å². The van der Waals surface area contributed by atoms with Crippen molar-refractivity contribution in [2.75, 3.05) is 0 Å². The third kappa shape index (κ3) is 4.33. The molecule has 0 fully saturated rings. The summed E-state index contributed by atoms with van der Waals surface area (Å²) in [7, 11) is 0. The lowest BCUT2D eigenvalue weighted by Crippen LogP contribution is -2.26. The fourth-order valence-electron chi connectivity index (χ4n) is 3.38. The molecule has 5 heteroatoms. The summed E-state index contributed by atoms with van der Waals surface area (Å²) in [5.41, 5.74) is 3.60. The fraction of sp³-hybridized carbons (Fsp3) is 0.250. The van der Waals surface area contributed by atoms with Gasteiger partial charge in [0.05, 0.1) is 12.1 Å². The first kappa shape index (κ1) is 20.2. The van der Waals surface area contributed by atoms with Gasteiger partial charge in [0.1, 0.15) is 0 Å². The standard InChI is InChI=1S/C24H24N2O3/c1-4-5-8-20-16-25(17(2)3)24(29)26(20)15-18-11-13-19(14-12-18)21-9-6-7-10-22(21)23(27)28/h1,6-7,9-14,16-17H,5,8,15H2,2-3H3,(H,27,28). The number of carboxylic acid groups (broad SMARTS) is 1. The number of imidazole rings is 1. The summed E-state index contributed by atoms with van der Waals surface area (Å²) in [5.74, 6) is 1.68. The van der Waals surface area contributed by atoms with Gasteiger partial charge in [-0.1, -0.05) is 42.5 Å². The molecule has 0 aliphatic heterocycles. The van der Waals surface area contributed by atoms with Crippen molar-refractivity contribution in [1.29, 1.82) is 0 Å². The van der Waals surface area contributed by atoms with E-state index in [-0.39, 0.29) is 17.3 Å². The fourth-order valence-corrected chi connectivity index (χ4v) is 3.38. The molecule has 0 aliphatic rings. The number of carbonyl (C=O) groups is 1. The van der Waals surface area contributed by atoms with E-state index in [1.54, 1.807) is 27.3 Å². The number of rotatable bonds is 7. The Kier molecular flexibility index (Phi) is 6.04. The van der Waals surface area contributed by atoms with Gasteiger partial charge >= 0.3 is 11.7 Å². The highest BCUT2D eigenvalue weighted by atomic mass is 16.4. The smallest absolute Gasteiger partial charge is 0.336 e. The van der Waals surface area contributed by atoms with E-state index in [2.05, 4.69) is 5.92 Å². The molecular weight excluding hydrogens is 364 g/mol. The Morgan fingerprint density at radius 3 is 2.45 bits per heavy atom. The number of hydrogen-bond acceptors (Lipinski definition) is 2. The Bertz CT molecular complexity index is 1110. The Morgan fingerprint density at radius 2 is 1.83 bits per heavy atom. The maximum atomic E-state index is 12.8. The number of carboxylic acids is 1. The van der Waals surface area contributed by atoms with E-state index in [0.29, 0.717) is 24.9 Å². The molecule has 0 unspecified atom stereocenters. The molecule has 0 spiro atoms. The van der Waals surface area contributed by atoms with Crippen molar-refractivity contribution in [2.24, 2.45) is 0 Å². The quantitative estimate of drug-likeness (QED) is 0.617. The summed E-state index contributed by atoms with van der Waals surface area (Å²) >= 11 is 0. The van der Waals surface area contributed by atoms with Gasteiger partial charge in [0.2, 0.25) is 0 Å². The van der Waals surface area contributed by atoms with E-state index in [0.717, 1.165) is 16.8 Å². The lowest BCUT2D eigenvalue weighted by molar-refractivity contribution is 0.0697. The van der Waals surface area contributed by atoms with Crippen LogP contribution in [0.25, 0.3) is 11.1 Å². The number of aryl methyl sites for hydroxylation is 1. The summed E-state index contributed by atoms with van der Waals surface area (Å²) < 4.78 is 3.49. The lowest BCUT2D eigenvalue weighted by Gasteiger charge is -2.09. The van der Waals surface area contributed by atoms with E-state index >= 15 is 0 Å². The second-order valence-corrected chi connectivity index (χ2v) is 7.24. The first-order valence-corrected chi connectivity index (χ1v) is 9.58. The number of nitrogens with zero attached hydrogens (tertiary/aromatic N) is 2. The predicted molar refractivity (Wildman–Crippen MR) is 114 cm³/mol. The predicted octanol–water partition coefficient (Wildman–Crippen LogP) is 4.21. The summed E-state index contributed by atoms with van der Waals surface area (Å²) in [6.07, 6.45) is 8.52. The van der Waals surface area contributed by atoms with Crippen molar-refractivity contribution in [2.45, 2.75) is 39.3 Å². The van der Waals surface area contributed by atoms with Crippen molar-refractivity contribution in [3.05, 3.63) is 82.0 Å². The average Bonchev–Trinajstić information content (AvgIpc) is 3.02. The zero-order chi connectivity index (χ0) is 21.0. The van der Waals surface area contributed by atoms with Crippen molar-refractivity contribution in [3.8, 4) is 23.5 Å². The number of aromatic nitrogens is 2. The second-order valence-electron chi connectivity index (χ2n) is 7.24. The van der Waals surface area contributed by atoms with Crippen molar-refractivity contribution in [1.82, 2.24) is 9.13 Å². The Morgan fingerprint density at radius 1 is 1.14 bits per heavy atom. The second kappa shape index (κ2) is 8.66. The van der Waals surface area contributed by atoms with Crippen LogP contribution in [-0.4, -0.2) is 20.2 Å². The first-order chi connectivity index (χ1) is 13.9. The van der Waals surface area contributed by atoms with Crippen LogP contribution in [0.4, 0.5) is 0 Å². The molecule has 0 radical (unpaired) electrons. The minimum Gasteiger partial charge on any atom is -0.478 e. The molecule has 29 heavy (non-hydrogen) atoms. The van der Waals surface area contributed by atoms with Crippen LogP contribution < -0.4 is 5.69 Å². The number of hydrogen-bond donors (Lipinski definition) is 1. The summed E-state index contributed by atoms with van der Waals surface area (Å²) in [5, 5.41) is 9.40. The largest absolute Gasteiger partial charge is 0.478 e. The van der Waals surface area contributed by atoms with Gasteiger partial charge in [-0.2, -0.15) is 0 Å². The van der Waals surface area contributed by atoms with Gasteiger partial charge in [0, 0.05) is 30.8 Å². The average molecular weight is 388 g/mol. The molecule has 3 aromatic rings. The van der Waals surface area contributed by atoms with Gasteiger partial charge in [-0.3, -0.25) is 9.13 Å². The maximum absolute atomic E-state index is 12.8. The molecule has 0 aliphatic carbocycles. The number of benzene rings is 2. The molecule has 1 aromatic heterocycles. The van der Waals surface area contributed by atoms with Crippen molar-refractivity contribution < 1.29 is 9.90 Å². The topological polar surface area (TPSA) is 64.2 Å². The highest BCUT2D eigenvalue weighted by molar-refractivity contribution is 5.95. The lowest BCUT2D eigenvalue weighted by atomic mass is 9.99. The SMILES string of the molecule is C#CCCc1cn(C(C)C)c(=O)n1Cc1ccc(-c2ccccc2C(=O)O)cc1. The minimum atomic E-state index is -0.954. The van der Waals surface area contributed by atoms with Crippen LogP contribution in [0.2, 0.25) is 0 Å². The minimum absolute atomic E-state index is 0.0488. The Balaban J connectivity index is 1.92. The van der Waals surface area contributed by atoms with Gasteiger partial charge in [-0.05, 0) is 36.6 Å². The zero-order valence-electron chi connectivity index (χ0n) is 16.6. The Labute approximate surface area is 170 Å². The van der Waals surface area contributed by atoms with Crippen LogP contribution in [0.1, 0.15) is 47.9 Å². The third-order valence-corrected chi connectivity index (χ3v) is 4.93. The molecule has 3 rings (SSSR count). The van der Waals surface area contributed by atoms with Crippen LogP contribution in [0.5, 0.6) is 0 Å². The Hall–Kier alpha value is -3.52. The summed E-state index contributed by atoms with van der Waals surface area (Å²) in [4.78, 5) is 24.3. The zero-order valence-corrected chi connectivity index (χ0v) is 16.6. The van der Waals surface area contributed by atoms with E-state index < -0.39 is 5.97 Å². The number of aromatic carboxylic acids is 1. The molecule has 148 valence electrons. The van der Waals surface area contributed by atoms with Crippen molar-refractivity contribution >= 4 is 5.97 Å². The van der Waals surface area contributed by atoms with Gasteiger partial charge in [-0.15, -0.1) is 12.3 Å². The summed E-state index contributed by atoms with van der Waals surface area (Å²) in [6, 6.07) is 14.6. The molecule has 0 atom stereocenters. The van der Waals surface area contributed by atoms with Crippen LogP contribution >= 0.6 is 0 Å². The molecule has 1 N–H and O–H groups in total. The molecule has 0 saturated heterocycles. The van der Waals surface area contributed by atoms with Crippen molar-refractivity contribution in [3.63, 3.8) is 0 Å². The highest BCUT2D eigenvalue weighted by Crippen LogP contribution is 2.24. The van der Waals surface area contributed by atoms with Crippen LogP contribution in [0, 0.1) is 12.3 Å². The highest BCUT2D eigenvalue weighted by Gasteiger charge is 2.14. The van der Waals surface area contributed by atoms with E-state index in [1.807, 2.05) is 50.4 Å². The molecule has 1 heterocycles. The van der Waals surface area contributed by atoms with E-state index in [4.69, 9.17) is 6.42 Å². The molecule has 0 bridgehead atoms. The molecule has 5 nitrogen and oxygen atoms in total. The van der Waals surface area contributed by atoms with Gasteiger partial charge < -0.3 is 5.11 Å². The first-order valence-electron chi connectivity index (χ1n) is 9.58. The molecule has 0 saturated carbocycles. The van der Waals surface area contributed by atoms with Gasteiger partial charge in [0.25, 0.3) is 0 Å². The third-order valence-electron chi connectivity index (χ3n) is 4.93. The van der Waals surface area contributed by atoms with Gasteiger partial charge in [-0.25, -0.2) is 9.59 Å². The number of terminal acetylenes is 1. The molecule has 0 amide bonds. The molecule has 2 aromatic carbocycles. The van der Waals surface area contributed by atoms with E-state index in [9.17, 15) is 14.7 Å². The maximum Gasteiger partial charge on any atom is 0.336 e. The summed E-state index contributed by atoms with van der Waals surface area (Å²) in [6.45, 7) is 4.40. The van der Waals surface area contributed by atoms with Crippen LogP contribution in [0.15, 0.2) is 59.5 Å². The normalized spacial score (nSPS) is 10.8. The van der Waals surface area contributed by atoms with Crippen LogP contribution in [0.3, 0.4) is 0 Å². The monoisotopic (exact) mass is 388 g/mol.